The molecule has 1 aliphatic heterocycles. The summed E-state index contributed by atoms with van der Waals surface area (Å²) in [5.74, 6) is -0.863. The summed E-state index contributed by atoms with van der Waals surface area (Å²) in [5, 5.41) is 12.4. The SMILES string of the molecule is O=C(NCC(F)(F)F)c1cn(C2CCNCC2)nn1. The molecule has 0 radical (unpaired) electrons. The maximum atomic E-state index is 12.0. The second kappa shape index (κ2) is 5.55. The standard InChI is InChI=1S/C10H14F3N5O/c11-10(12,13)6-15-9(19)8-5-18(17-16-8)7-1-3-14-4-2-7/h5,7,14H,1-4,6H2,(H,15,19). The first-order chi connectivity index (χ1) is 8.96. The summed E-state index contributed by atoms with van der Waals surface area (Å²) in [6.07, 6.45) is -1.33. The summed E-state index contributed by atoms with van der Waals surface area (Å²) >= 11 is 0. The van der Waals surface area contributed by atoms with Crippen LogP contribution in [0.25, 0.3) is 0 Å². The van der Waals surface area contributed by atoms with Crippen LogP contribution in [0.2, 0.25) is 0 Å². The predicted molar refractivity (Wildman–Crippen MR) is 59.6 cm³/mol. The average molecular weight is 277 g/mol. The van der Waals surface area contributed by atoms with Crippen molar-refractivity contribution in [2.45, 2.75) is 25.1 Å². The molecule has 0 atom stereocenters. The molecule has 0 aliphatic carbocycles. The molecule has 6 nitrogen and oxygen atoms in total. The van der Waals surface area contributed by atoms with E-state index in [-0.39, 0.29) is 11.7 Å². The van der Waals surface area contributed by atoms with Crippen molar-refractivity contribution < 1.29 is 18.0 Å². The monoisotopic (exact) mass is 277 g/mol. The number of alkyl halides is 3. The molecule has 0 saturated carbocycles. The normalized spacial score (nSPS) is 17.4. The number of nitrogens with zero attached hydrogens (tertiary/aromatic N) is 3. The van der Waals surface area contributed by atoms with Gasteiger partial charge in [0.25, 0.3) is 5.91 Å². The smallest absolute Gasteiger partial charge is 0.341 e. The highest BCUT2D eigenvalue weighted by Gasteiger charge is 2.28. The number of carbonyl (C=O) groups is 1. The molecule has 2 heterocycles. The maximum Gasteiger partial charge on any atom is 0.405 e. The van der Waals surface area contributed by atoms with Crippen LogP contribution in [0.4, 0.5) is 13.2 Å². The zero-order valence-electron chi connectivity index (χ0n) is 10.1. The van der Waals surface area contributed by atoms with Crippen LogP contribution in [0.15, 0.2) is 6.20 Å². The molecule has 2 rings (SSSR count). The van der Waals surface area contributed by atoms with E-state index in [0.29, 0.717) is 0 Å². The van der Waals surface area contributed by atoms with E-state index in [1.807, 2.05) is 0 Å². The topological polar surface area (TPSA) is 71.8 Å². The third-order valence-corrected chi connectivity index (χ3v) is 2.88. The summed E-state index contributed by atoms with van der Waals surface area (Å²) in [5.41, 5.74) is -0.0946. The van der Waals surface area contributed by atoms with Crippen molar-refractivity contribution >= 4 is 5.91 Å². The van der Waals surface area contributed by atoms with Crippen LogP contribution in [0.3, 0.4) is 0 Å². The third-order valence-electron chi connectivity index (χ3n) is 2.88. The van der Waals surface area contributed by atoms with Gasteiger partial charge in [-0.3, -0.25) is 4.79 Å². The molecule has 0 unspecified atom stereocenters. The van der Waals surface area contributed by atoms with Gasteiger partial charge in [-0.2, -0.15) is 13.2 Å². The highest BCUT2D eigenvalue weighted by atomic mass is 19.4. The largest absolute Gasteiger partial charge is 0.405 e. The summed E-state index contributed by atoms with van der Waals surface area (Å²) in [7, 11) is 0. The van der Waals surface area contributed by atoms with Gasteiger partial charge in [-0.1, -0.05) is 5.21 Å². The highest BCUT2D eigenvalue weighted by molar-refractivity contribution is 5.91. The molecule has 9 heteroatoms. The lowest BCUT2D eigenvalue weighted by atomic mass is 10.1. The quantitative estimate of drug-likeness (QED) is 0.843. The molecule has 1 fully saturated rings. The fourth-order valence-corrected chi connectivity index (χ4v) is 1.90. The van der Waals surface area contributed by atoms with Crippen LogP contribution >= 0.6 is 0 Å². The Bertz CT molecular complexity index is 439. The number of halogens is 3. The second-order valence-electron chi connectivity index (χ2n) is 4.36. The minimum atomic E-state index is -4.43. The number of carbonyl (C=O) groups excluding carboxylic acids is 1. The number of nitrogens with one attached hydrogen (secondary N) is 2. The first-order valence-corrected chi connectivity index (χ1v) is 5.93. The van der Waals surface area contributed by atoms with Crippen molar-refractivity contribution in [1.82, 2.24) is 25.6 Å². The van der Waals surface area contributed by atoms with E-state index in [4.69, 9.17) is 0 Å². The van der Waals surface area contributed by atoms with Crippen LogP contribution < -0.4 is 10.6 Å². The van der Waals surface area contributed by atoms with E-state index < -0.39 is 18.6 Å². The zero-order chi connectivity index (χ0) is 13.9. The van der Waals surface area contributed by atoms with Gasteiger partial charge in [-0.05, 0) is 25.9 Å². The molecule has 1 saturated heterocycles. The maximum absolute atomic E-state index is 12.0. The molecule has 1 amide bonds. The molecule has 0 spiro atoms. The Morgan fingerprint density at radius 1 is 1.47 bits per heavy atom. The zero-order valence-corrected chi connectivity index (χ0v) is 10.1. The van der Waals surface area contributed by atoms with E-state index in [1.54, 1.807) is 10.00 Å². The van der Waals surface area contributed by atoms with Gasteiger partial charge < -0.3 is 10.6 Å². The molecule has 0 bridgehead atoms. The number of hydrogen-bond donors (Lipinski definition) is 2. The van der Waals surface area contributed by atoms with Crippen molar-refractivity contribution in [2.24, 2.45) is 0 Å². The van der Waals surface area contributed by atoms with Crippen LogP contribution in [0.1, 0.15) is 29.4 Å². The van der Waals surface area contributed by atoms with E-state index in [0.717, 1.165) is 25.9 Å². The van der Waals surface area contributed by atoms with Gasteiger partial charge in [0.1, 0.15) is 6.54 Å². The molecule has 19 heavy (non-hydrogen) atoms. The number of amides is 1. The molecule has 1 aromatic heterocycles. The van der Waals surface area contributed by atoms with Gasteiger partial charge in [0, 0.05) is 0 Å². The van der Waals surface area contributed by atoms with Gasteiger partial charge in [-0.25, -0.2) is 4.68 Å². The van der Waals surface area contributed by atoms with E-state index >= 15 is 0 Å². The number of aromatic nitrogens is 3. The first kappa shape index (κ1) is 13.8. The highest BCUT2D eigenvalue weighted by Crippen LogP contribution is 2.17. The van der Waals surface area contributed by atoms with Crippen LogP contribution in [-0.2, 0) is 0 Å². The van der Waals surface area contributed by atoms with Crippen molar-refractivity contribution in [3.63, 3.8) is 0 Å². The number of rotatable bonds is 3. The van der Waals surface area contributed by atoms with Gasteiger partial charge >= 0.3 is 6.18 Å². The molecular weight excluding hydrogens is 263 g/mol. The van der Waals surface area contributed by atoms with E-state index in [9.17, 15) is 18.0 Å². The Morgan fingerprint density at radius 3 is 2.79 bits per heavy atom. The van der Waals surface area contributed by atoms with Gasteiger partial charge in [0.2, 0.25) is 0 Å². The van der Waals surface area contributed by atoms with Crippen molar-refractivity contribution in [1.29, 1.82) is 0 Å². The summed E-state index contributed by atoms with van der Waals surface area (Å²) in [6, 6.07) is 0.137. The van der Waals surface area contributed by atoms with Crippen molar-refractivity contribution in [2.75, 3.05) is 19.6 Å². The summed E-state index contributed by atoms with van der Waals surface area (Å²) in [4.78, 5) is 11.4. The molecular formula is C10H14F3N5O. The number of hydrogen-bond acceptors (Lipinski definition) is 4. The lowest BCUT2D eigenvalue weighted by Gasteiger charge is -2.22. The average Bonchev–Trinajstić information content (AvgIpc) is 2.86. The Kier molecular flexibility index (Phi) is 4.03. The Morgan fingerprint density at radius 2 is 2.16 bits per heavy atom. The molecule has 1 aromatic rings. The minimum absolute atomic E-state index is 0.0946. The van der Waals surface area contributed by atoms with Crippen LogP contribution in [0.5, 0.6) is 0 Å². The Labute approximate surface area is 107 Å². The second-order valence-corrected chi connectivity index (χ2v) is 4.36. The Hall–Kier alpha value is -1.64. The fourth-order valence-electron chi connectivity index (χ4n) is 1.90. The lowest BCUT2D eigenvalue weighted by Crippen LogP contribution is -2.34. The van der Waals surface area contributed by atoms with Crippen LogP contribution in [-0.4, -0.2) is 46.7 Å². The van der Waals surface area contributed by atoms with Gasteiger partial charge in [0.05, 0.1) is 12.2 Å². The third kappa shape index (κ3) is 3.91. The van der Waals surface area contributed by atoms with Gasteiger partial charge in [0.15, 0.2) is 5.69 Å². The fraction of sp³-hybridized carbons (Fsp3) is 0.700. The lowest BCUT2D eigenvalue weighted by molar-refractivity contribution is -0.123. The molecule has 106 valence electrons. The van der Waals surface area contributed by atoms with E-state index in [2.05, 4.69) is 15.6 Å². The van der Waals surface area contributed by atoms with Crippen LogP contribution in [0, 0.1) is 0 Å². The van der Waals surface area contributed by atoms with Gasteiger partial charge in [-0.15, -0.1) is 5.10 Å². The first-order valence-electron chi connectivity index (χ1n) is 5.93. The Balaban J connectivity index is 1.94. The summed E-state index contributed by atoms with van der Waals surface area (Å²) in [6.45, 7) is 0.326. The van der Waals surface area contributed by atoms with E-state index in [1.165, 1.54) is 6.20 Å². The molecule has 1 aliphatic rings. The number of piperidine rings is 1. The summed E-state index contributed by atoms with van der Waals surface area (Å²) < 4.78 is 37.4. The molecule has 2 N–H and O–H groups in total. The minimum Gasteiger partial charge on any atom is -0.341 e. The molecule has 0 aromatic carbocycles. The van der Waals surface area contributed by atoms with Crippen molar-refractivity contribution in [3.05, 3.63) is 11.9 Å². The predicted octanol–water partition coefficient (Wildman–Crippen LogP) is 0.495. The van der Waals surface area contributed by atoms with Crippen molar-refractivity contribution in [3.8, 4) is 0 Å².